The van der Waals surface area contributed by atoms with Crippen molar-refractivity contribution in [1.29, 1.82) is 0 Å². The molecule has 0 radical (unpaired) electrons. The monoisotopic (exact) mass is 385 g/mol. The third-order valence-corrected chi connectivity index (χ3v) is 5.43. The first kappa shape index (κ1) is 22.4. The quantitative estimate of drug-likeness (QED) is 0.338. The van der Waals surface area contributed by atoms with E-state index in [0.29, 0.717) is 13.0 Å². The van der Waals surface area contributed by atoms with E-state index in [9.17, 15) is 17.8 Å². The van der Waals surface area contributed by atoms with Gasteiger partial charge in [-0.15, -0.1) is 0 Å². The zero-order valence-electron chi connectivity index (χ0n) is 16.2. The van der Waals surface area contributed by atoms with Gasteiger partial charge < -0.3 is 10.1 Å². The molecule has 1 rings (SSSR count). The Hall–Kier alpha value is -1.60. The molecule has 6 nitrogen and oxygen atoms in total. The summed E-state index contributed by atoms with van der Waals surface area (Å²) < 4.78 is 37.1. The van der Waals surface area contributed by atoms with Gasteiger partial charge >= 0.3 is 5.97 Å². The first-order valence-corrected chi connectivity index (χ1v) is 10.6. The van der Waals surface area contributed by atoms with Gasteiger partial charge in [0.15, 0.2) is 0 Å². The highest BCUT2D eigenvalue weighted by molar-refractivity contribution is 7.85. The minimum absolute atomic E-state index is 0.0889. The molecule has 2 N–H and O–H groups in total. The van der Waals surface area contributed by atoms with E-state index in [1.165, 1.54) is 6.07 Å². The Balaban J connectivity index is 2.70. The Morgan fingerprint density at radius 1 is 1.19 bits per heavy atom. The van der Waals surface area contributed by atoms with Crippen molar-refractivity contribution in [3.8, 4) is 0 Å². The predicted molar refractivity (Wildman–Crippen MR) is 103 cm³/mol. The summed E-state index contributed by atoms with van der Waals surface area (Å²) in [6.45, 7) is 9.06. The minimum Gasteiger partial charge on any atom is -0.466 e. The standard InChI is InChI=1S/C19H31NO5S/c1-5-19(3,4)16-14-15(26(22,23)24)11-12-17(16)20-13-9-7-8-10-18(21)25-6-2/h11-12,14,20H,5-10,13H2,1-4H3,(H,22,23,24). The average molecular weight is 386 g/mol. The molecule has 0 unspecified atom stereocenters. The van der Waals surface area contributed by atoms with E-state index in [2.05, 4.69) is 5.32 Å². The summed E-state index contributed by atoms with van der Waals surface area (Å²) in [5.41, 5.74) is 1.50. The lowest BCUT2D eigenvalue weighted by Crippen LogP contribution is -2.19. The largest absolute Gasteiger partial charge is 0.466 e. The first-order valence-electron chi connectivity index (χ1n) is 9.13. The molecule has 0 spiro atoms. The fraction of sp³-hybridized carbons (Fsp3) is 0.632. The summed E-state index contributed by atoms with van der Waals surface area (Å²) >= 11 is 0. The molecule has 0 aliphatic heterocycles. The first-order chi connectivity index (χ1) is 12.1. The van der Waals surface area contributed by atoms with E-state index in [1.54, 1.807) is 19.1 Å². The molecule has 0 bridgehead atoms. The molecule has 1 aromatic rings. The van der Waals surface area contributed by atoms with Gasteiger partial charge in [0.05, 0.1) is 11.5 Å². The number of esters is 1. The molecule has 0 heterocycles. The van der Waals surface area contributed by atoms with Gasteiger partial charge in [0.2, 0.25) is 0 Å². The summed E-state index contributed by atoms with van der Waals surface area (Å²) in [4.78, 5) is 11.2. The second-order valence-electron chi connectivity index (χ2n) is 6.96. The van der Waals surface area contributed by atoms with Gasteiger partial charge in [-0.2, -0.15) is 8.42 Å². The normalized spacial score (nSPS) is 12.0. The molecule has 0 fully saturated rings. The SMILES string of the molecule is CCOC(=O)CCCCCNc1ccc(S(=O)(=O)O)cc1C(C)(C)CC. The molecule has 0 aromatic heterocycles. The Bertz CT molecular complexity index is 698. The van der Waals surface area contributed by atoms with Crippen molar-refractivity contribution < 1.29 is 22.5 Å². The summed E-state index contributed by atoms with van der Waals surface area (Å²) in [5.74, 6) is -0.159. The van der Waals surface area contributed by atoms with Crippen LogP contribution in [0.1, 0.15) is 65.4 Å². The summed E-state index contributed by atoms with van der Waals surface area (Å²) in [5, 5.41) is 3.35. The molecule has 0 aliphatic rings. The van der Waals surface area contributed by atoms with Crippen molar-refractivity contribution in [1.82, 2.24) is 0 Å². The second-order valence-corrected chi connectivity index (χ2v) is 8.38. The lowest BCUT2D eigenvalue weighted by atomic mass is 9.81. The highest BCUT2D eigenvalue weighted by atomic mass is 32.2. The molecule has 0 saturated carbocycles. The molecular weight excluding hydrogens is 354 g/mol. The van der Waals surface area contributed by atoms with Crippen LogP contribution in [-0.2, 0) is 25.1 Å². The zero-order chi connectivity index (χ0) is 19.8. The predicted octanol–water partition coefficient (Wildman–Crippen LogP) is 4.16. The number of anilines is 1. The van der Waals surface area contributed by atoms with Crippen LogP contribution in [0.5, 0.6) is 0 Å². The number of benzene rings is 1. The number of carbonyl (C=O) groups is 1. The van der Waals surface area contributed by atoms with Gasteiger partial charge in [-0.3, -0.25) is 9.35 Å². The van der Waals surface area contributed by atoms with Crippen molar-refractivity contribution in [2.45, 2.75) is 70.1 Å². The minimum atomic E-state index is -4.23. The molecule has 0 saturated heterocycles. The van der Waals surface area contributed by atoms with E-state index in [-0.39, 0.29) is 16.3 Å². The van der Waals surface area contributed by atoms with Crippen molar-refractivity contribution in [3.05, 3.63) is 23.8 Å². The van der Waals surface area contributed by atoms with Gasteiger partial charge in [0.1, 0.15) is 0 Å². The third-order valence-electron chi connectivity index (χ3n) is 4.58. The van der Waals surface area contributed by atoms with E-state index in [0.717, 1.165) is 43.5 Å². The smallest absolute Gasteiger partial charge is 0.305 e. The van der Waals surface area contributed by atoms with Crippen LogP contribution in [0.2, 0.25) is 0 Å². The van der Waals surface area contributed by atoms with Gasteiger partial charge in [-0.05, 0) is 55.4 Å². The van der Waals surface area contributed by atoms with Crippen LogP contribution in [0, 0.1) is 0 Å². The van der Waals surface area contributed by atoms with E-state index in [4.69, 9.17) is 4.74 Å². The summed E-state index contributed by atoms with van der Waals surface area (Å²) in [6, 6.07) is 4.66. The van der Waals surface area contributed by atoms with Crippen molar-refractivity contribution in [2.75, 3.05) is 18.5 Å². The van der Waals surface area contributed by atoms with E-state index in [1.807, 2.05) is 20.8 Å². The molecule has 26 heavy (non-hydrogen) atoms. The van der Waals surface area contributed by atoms with Crippen LogP contribution in [-0.4, -0.2) is 32.1 Å². The lowest BCUT2D eigenvalue weighted by molar-refractivity contribution is -0.143. The number of nitrogens with one attached hydrogen (secondary N) is 1. The third kappa shape index (κ3) is 6.96. The van der Waals surface area contributed by atoms with Crippen LogP contribution in [0.25, 0.3) is 0 Å². The molecule has 0 amide bonds. The molecule has 0 aliphatic carbocycles. The number of hydrogen-bond acceptors (Lipinski definition) is 5. The number of carbonyl (C=O) groups excluding carboxylic acids is 1. The highest BCUT2D eigenvalue weighted by Gasteiger charge is 2.24. The second kappa shape index (κ2) is 9.92. The zero-order valence-corrected chi connectivity index (χ0v) is 17.0. The maximum absolute atomic E-state index is 11.4. The average Bonchev–Trinajstić information content (AvgIpc) is 2.57. The van der Waals surface area contributed by atoms with E-state index >= 15 is 0 Å². The summed E-state index contributed by atoms with van der Waals surface area (Å²) in [7, 11) is -4.23. The van der Waals surface area contributed by atoms with Crippen LogP contribution in [0.4, 0.5) is 5.69 Å². The Labute approximate surface area is 157 Å². The Morgan fingerprint density at radius 2 is 1.88 bits per heavy atom. The van der Waals surface area contributed by atoms with Crippen LogP contribution >= 0.6 is 0 Å². The number of unbranched alkanes of at least 4 members (excludes halogenated alkanes) is 2. The Kier molecular flexibility index (Phi) is 8.56. The number of hydrogen-bond donors (Lipinski definition) is 2. The van der Waals surface area contributed by atoms with Crippen molar-refractivity contribution in [2.24, 2.45) is 0 Å². The molecule has 1 aromatic carbocycles. The fourth-order valence-corrected chi connectivity index (χ4v) is 3.12. The van der Waals surface area contributed by atoms with Gasteiger partial charge in [0.25, 0.3) is 10.1 Å². The van der Waals surface area contributed by atoms with E-state index < -0.39 is 10.1 Å². The summed E-state index contributed by atoms with van der Waals surface area (Å²) in [6.07, 6.45) is 3.85. The van der Waals surface area contributed by atoms with Gasteiger partial charge in [0, 0.05) is 18.7 Å². The maximum atomic E-state index is 11.4. The topological polar surface area (TPSA) is 92.7 Å². The number of rotatable bonds is 11. The molecular formula is C19H31NO5S. The maximum Gasteiger partial charge on any atom is 0.305 e. The lowest BCUT2D eigenvalue weighted by Gasteiger charge is -2.27. The molecule has 0 atom stereocenters. The van der Waals surface area contributed by atoms with Crippen LogP contribution in [0.15, 0.2) is 23.1 Å². The van der Waals surface area contributed by atoms with Crippen molar-refractivity contribution in [3.63, 3.8) is 0 Å². The van der Waals surface area contributed by atoms with Crippen LogP contribution < -0.4 is 5.32 Å². The fourth-order valence-electron chi connectivity index (χ4n) is 2.62. The molecule has 7 heteroatoms. The number of ether oxygens (including phenoxy) is 1. The van der Waals surface area contributed by atoms with Gasteiger partial charge in [-0.25, -0.2) is 0 Å². The highest BCUT2D eigenvalue weighted by Crippen LogP contribution is 2.34. The Morgan fingerprint density at radius 3 is 2.46 bits per heavy atom. The molecule has 148 valence electrons. The van der Waals surface area contributed by atoms with Crippen LogP contribution in [0.3, 0.4) is 0 Å². The van der Waals surface area contributed by atoms with Crippen molar-refractivity contribution >= 4 is 21.8 Å². The van der Waals surface area contributed by atoms with Gasteiger partial charge in [-0.1, -0.05) is 27.2 Å².